The van der Waals surface area contributed by atoms with Crippen LogP contribution in [0.3, 0.4) is 0 Å². The van der Waals surface area contributed by atoms with Gasteiger partial charge in [-0.1, -0.05) is 18.2 Å². The highest BCUT2D eigenvalue weighted by atomic mass is 32.1. The molecule has 0 radical (unpaired) electrons. The van der Waals surface area contributed by atoms with Crippen molar-refractivity contribution < 1.29 is 19.6 Å². The maximum absolute atomic E-state index is 13.1. The van der Waals surface area contributed by atoms with E-state index in [9.17, 15) is 24.8 Å². The van der Waals surface area contributed by atoms with Gasteiger partial charge in [-0.3, -0.25) is 24.6 Å². The number of nitro benzene ring substituents is 1. The predicted octanol–water partition coefficient (Wildman–Crippen LogP) is 4.16. The highest BCUT2D eigenvalue weighted by molar-refractivity contribution is 7.10. The van der Waals surface area contributed by atoms with Gasteiger partial charge < -0.3 is 10.1 Å². The van der Waals surface area contributed by atoms with Gasteiger partial charge in [-0.25, -0.2) is 4.98 Å². The summed E-state index contributed by atoms with van der Waals surface area (Å²) in [5.74, 6) is -1.91. The Labute approximate surface area is 184 Å². The Morgan fingerprint density at radius 1 is 1.09 bits per heavy atom. The number of benzene rings is 2. The van der Waals surface area contributed by atoms with Crippen molar-refractivity contribution in [2.75, 3.05) is 4.90 Å². The number of non-ortho nitro benzene ring substituents is 1. The second-order valence-corrected chi connectivity index (χ2v) is 8.05. The van der Waals surface area contributed by atoms with Gasteiger partial charge >= 0.3 is 5.91 Å². The fourth-order valence-corrected chi connectivity index (χ4v) is 4.54. The van der Waals surface area contributed by atoms with Crippen LogP contribution in [-0.4, -0.2) is 31.7 Å². The minimum Gasteiger partial charge on any atom is -0.507 e. The van der Waals surface area contributed by atoms with Crippen molar-refractivity contribution in [3.8, 4) is 0 Å². The van der Waals surface area contributed by atoms with Crippen LogP contribution in [0.1, 0.15) is 16.5 Å². The molecule has 1 aliphatic heterocycles. The minimum absolute atomic E-state index is 0.105. The Kier molecular flexibility index (Phi) is 4.56. The van der Waals surface area contributed by atoms with E-state index in [4.69, 9.17) is 0 Å². The van der Waals surface area contributed by atoms with Gasteiger partial charge in [0.05, 0.1) is 21.5 Å². The minimum atomic E-state index is -0.897. The number of H-pyrrole nitrogens is 1. The molecule has 1 atom stereocenters. The van der Waals surface area contributed by atoms with Crippen LogP contribution in [0.2, 0.25) is 0 Å². The highest BCUT2D eigenvalue weighted by Crippen LogP contribution is 2.43. The normalized spacial score (nSPS) is 17.9. The number of nitro groups is 1. The summed E-state index contributed by atoms with van der Waals surface area (Å²) in [6, 6.07) is 15.0. The first-order chi connectivity index (χ1) is 15.5. The van der Waals surface area contributed by atoms with Crippen LogP contribution in [0.5, 0.6) is 0 Å². The smallest absolute Gasteiger partial charge is 0.302 e. The van der Waals surface area contributed by atoms with E-state index < -0.39 is 28.4 Å². The average molecular weight is 446 g/mol. The largest absolute Gasteiger partial charge is 0.507 e. The summed E-state index contributed by atoms with van der Waals surface area (Å²) < 4.78 is 0. The molecule has 2 N–H and O–H groups in total. The number of thiophene rings is 1. The molecule has 4 aromatic rings. The highest BCUT2D eigenvalue weighted by Gasteiger charge is 2.48. The molecule has 1 fully saturated rings. The van der Waals surface area contributed by atoms with Crippen molar-refractivity contribution in [1.29, 1.82) is 0 Å². The molecular formula is C22H14N4O5S. The molecule has 1 aliphatic rings. The maximum atomic E-state index is 13.1. The van der Waals surface area contributed by atoms with Crippen LogP contribution in [0.25, 0.3) is 16.8 Å². The van der Waals surface area contributed by atoms with Crippen molar-refractivity contribution >= 4 is 51.5 Å². The Morgan fingerprint density at radius 3 is 2.50 bits per heavy atom. The topological polar surface area (TPSA) is 129 Å². The number of hydrogen-bond acceptors (Lipinski definition) is 7. The van der Waals surface area contributed by atoms with Gasteiger partial charge in [-0.2, -0.15) is 0 Å². The van der Waals surface area contributed by atoms with Gasteiger partial charge in [0.15, 0.2) is 0 Å². The quantitative estimate of drug-likeness (QED) is 0.159. The molecule has 3 heterocycles. The number of anilines is 1. The standard InChI is InChI=1S/C22H14N4O5S/c27-19(12-7-9-13(10-8-12)26(30)31)17-18(16-6-3-11-32-16)25(21(29)20(17)28)22-23-14-4-1-2-5-15(14)24-22/h1-11,18,27H,(H,23,24)/b19-17+. The molecule has 158 valence electrons. The summed E-state index contributed by atoms with van der Waals surface area (Å²) in [7, 11) is 0. The number of aromatic nitrogens is 2. The van der Waals surface area contributed by atoms with Crippen LogP contribution in [0, 0.1) is 10.1 Å². The van der Waals surface area contributed by atoms with E-state index in [1.807, 2.05) is 12.1 Å². The molecule has 1 amide bonds. The van der Waals surface area contributed by atoms with Crippen molar-refractivity contribution in [3.63, 3.8) is 0 Å². The molecule has 1 unspecified atom stereocenters. The van der Waals surface area contributed by atoms with Crippen LogP contribution < -0.4 is 4.90 Å². The zero-order valence-corrected chi connectivity index (χ0v) is 17.1. The van der Waals surface area contributed by atoms with Crippen molar-refractivity contribution in [3.05, 3.63) is 92.2 Å². The summed E-state index contributed by atoms with van der Waals surface area (Å²) >= 11 is 1.33. The second-order valence-electron chi connectivity index (χ2n) is 7.07. The maximum Gasteiger partial charge on any atom is 0.302 e. The number of Topliss-reactive ketones (excluding diaryl/α,β-unsaturated/α-hetero) is 1. The monoisotopic (exact) mass is 446 g/mol. The molecule has 2 aromatic heterocycles. The Balaban J connectivity index is 1.68. The van der Waals surface area contributed by atoms with Crippen molar-refractivity contribution in [2.24, 2.45) is 0 Å². The Morgan fingerprint density at radius 2 is 1.84 bits per heavy atom. The summed E-state index contributed by atoms with van der Waals surface area (Å²) in [5.41, 5.74) is 1.26. The van der Waals surface area contributed by atoms with E-state index in [2.05, 4.69) is 9.97 Å². The number of aromatic amines is 1. The molecular weight excluding hydrogens is 432 g/mol. The number of ketones is 1. The van der Waals surface area contributed by atoms with E-state index in [0.29, 0.717) is 15.9 Å². The van der Waals surface area contributed by atoms with Crippen molar-refractivity contribution in [1.82, 2.24) is 9.97 Å². The summed E-state index contributed by atoms with van der Waals surface area (Å²) in [4.78, 5) is 45.9. The van der Waals surface area contributed by atoms with Gasteiger partial charge in [0, 0.05) is 22.6 Å². The summed E-state index contributed by atoms with van der Waals surface area (Å²) in [6.07, 6.45) is 0. The first-order valence-corrected chi connectivity index (χ1v) is 10.4. The molecule has 0 aliphatic carbocycles. The van der Waals surface area contributed by atoms with E-state index >= 15 is 0 Å². The van der Waals surface area contributed by atoms with E-state index in [-0.39, 0.29) is 22.8 Å². The number of nitrogens with zero attached hydrogens (tertiary/aromatic N) is 3. The zero-order chi connectivity index (χ0) is 22.4. The number of amides is 1. The average Bonchev–Trinajstić information content (AvgIpc) is 3.52. The number of imidazole rings is 1. The Bertz CT molecular complexity index is 1370. The molecule has 32 heavy (non-hydrogen) atoms. The van der Waals surface area contributed by atoms with Crippen LogP contribution in [0.15, 0.2) is 71.6 Å². The van der Waals surface area contributed by atoms with Gasteiger partial charge in [0.2, 0.25) is 5.95 Å². The fraction of sp³-hybridized carbons (Fsp3) is 0.0455. The lowest BCUT2D eigenvalue weighted by molar-refractivity contribution is -0.384. The van der Waals surface area contributed by atoms with E-state index in [0.717, 1.165) is 0 Å². The fourth-order valence-electron chi connectivity index (χ4n) is 3.72. The molecule has 1 saturated heterocycles. The number of para-hydroxylation sites is 2. The summed E-state index contributed by atoms with van der Waals surface area (Å²) in [6.45, 7) is 0. The SMILES string of the molecule is O=C1C(=O)N(c2nc3ccccc3[nH]2)C(c2cccs2)/C1=C(\O)c1ccc([N+](=O)[O-])cc1. The van der Waals surface area contributed by atoms with Crippen LogP contribution >= 0.6 is 11.3 Å². The van der Waals surface area contributed by atoms with E-state index in [1.54, 1.807) is 29.6 Å². The predicted molar refractivity (Wildman–Crippen MR) is 118 cm³/mol. The number of carbonyl (C=O) groups is 2. The lowest BCUT2D eigenvalue weighted by atomic mass is 10.00. The van der Waals surface area contributed by atoms with Crippen LogP contribution in [-0.2, 0) is 9.59 Å². The molecule has 9 nitrogen and oxygen atoms in total. The molecule has 0 bridgehead atoms. The lowest BCUT2D eigenvalue weighted by Crippen LogP contribution is -2.30. The molecule has 2 aromatic carbocycles. The first-order valence-electron chi connectivity index (χ1n) is 9.49. The molecule has 0 saturated carbocycles. The Hall–Kier alpha value is -4.31. The first kappa shape index (κ1) is 19.6. The summed E-state index contributed by atoms with van der Waals surface area (Å²) in [5, 5.41) is 23.7. The third kappa shape index (κ3) is 3.05. The van der Waals surface area contributed by atoms with Crippen molar-refractivity contribution in [2.45, 2.75) is 6.04 Å². The van der Waals surface area contributed by atoms with Gasteiger partial charge in [-0.05, 0) is 35.7 Å². The number of fused-ring (bicyclic) bond motifs is 1. The number of nitrogens with one attached hydrogen (secondary N) is 1. The third-order valence-electron chi connectivity index (χ3n) is 5.21. The van der Waals surface area contributed by atoms with E-state index in [1.165, 1.54) is 40.5 Å². The number of rotatable bonds is 4. The van der Waals surface area contributed by atoms with Gasteiger partial charge in [0.25, 0.3) is 11.5 Å². The number of aliphatic hydroxyl groups is 1. The number of hydrogen-bond donors (Lipinski definition) is 2. The zero-order valence-electron chi connectivity index (χ0n) is 16.3. The number of aliphatic hydroxyl groups excluding tert-OH is 1. The van der Waals surface area contributed by atoms with Gasteiger partial charge in [0.1, 0.15) is 11.8 Å². The third-order valence-corrected chi connectivity index (χ3v) is 6.14. The molecule has 0 spiro atoms. The number of carbonyl (C=O) groups excluding carboxylic acids is 2. The molecule has 10 heteroatoms. The lowest BCUT2D eigenvalue weighted by Gasteiger charge is -2.21. The van der Waals surface area contributed by atoms with Gasteiger partial charge in [-0.15, -0.1) is 11.3 Å². The molecule has 5 rings (SSSR count). The van der Waals surface area contributed by atoms with Crippen LogP contribution in [0.4, 0.5) is 11.6 Å². The second kappa shape index (κ2) is 7.43.